The topological polar surface area (TPSA) is 93.2 Å². The lowest BCUT2D eigenvalue weighted by Gasteiger charge is -2.02. The van der Waals surface area contributed by atoms with E-state index in [0.29, 0.717) is 16.5 Å². The standard InChI is InChI=1S/C16H11N7S3/c1-23-13(9-24-16-18-11-4-2-3-5-12(11)25-16)20-22-15(23)26-14-7-6-10(8-17)19-21-14/h2-7H,9H2,1H3. The van der Waals surface area contributed by atoms with E-state index in [1.807, 2.05) is 35.9 Å². The first-order valence-corrected chi connectivity index (χ1v) is 10.1. The highest BCUT2D eigenvalue weighted by Crippen LogP contribution is 2.32. The normalized spacial score (nSPS) is 10.9. The molecule has 0 spiro atoms. The van der Waals surface area contributed by atoms with E-state index in [4.69, 9.17) is 5.26 Å². The minimum Gasteiger partial charge on any atom is -0.308 e. The number of nitrogens with zero attached hydrogens (tertiary/aromatic N) is 7. The van der Waals surface area contributed by atoms with Crippen molar-refractivity contribution in [2.24, 2.45) is 7.05 Å². The summed E-state index contributed by atoms with van der Waals surface area (Å²) in [5.41, 5.74) is 1.31. The predicted octanol–water partition coefficient (Wildman–Crippen LogP) is 3.53. The average molecular weight is 398 g/mol. The molecule has 0 N–H and O–H groups in total. The van der Waals surface area contributed by atoms with Crippen molar-refractivity contribution in [1.82, 2.24) is 29.9 Å². The zero-order valence-electron chi connectivity index (χ0n) is 13.5. The highest BCUT2D eigenvalue weighted by atomic mass is 32.2. The summed E-state index contributed by atoms with van der Waals surface area (Å²) in [7, 11) is 1.92. The van der Waals surface area contributed by atoms with Gasteiger partial charge in [0, 0.05) is 7.05 Å². The number of rotatable bonds is 5. The van der Waals surface area contributed by atoms with Gasteiger partial charge in [0.1, 0.15) is 16.9 Å². The molecule has 0 bridgehead atoms. The monoisotopic (exact) mass is 397 g/mol. The molecule has 128 valence electrons. The molecule has 0 saturated carbocycles. The number of fused-ring (bicyclic) bond motifs is 1. The fourth-order valence-electron chi connectivity index (χ4n) is 2.13. The first-order valence-electron chi connectivity index (χ1n) is 7.51. The first kappa shape index (κ1) is 17.0. The second-order valence-corrected chi connectivity index (χ2v) is 8.41. The van der Waals surface area contributed by atoms with Crippen molar-refractivity contribution in [3.63, 3.8) is 0 Å². The molecule has 0 aliphatic carbocycles. The maximum absolute atomic E-state index is 8.77. The van der Waals surface area contributed by atoms with E-state index in [-0.39, 0.29) is 0 Å². The van der Waals surface area contributed by atoms with Crippen molar-refractivity contribution >= 4 is 45.1 Å². The number of para-hydroxylation sites is 1. The third-order valence-electron chi connectivity index (χ3n) is 3.47. The maximum Gasteiger partial charge on any atom is 0.197 e. The van der Waals surface area contributed by atoms with Gasteiger partial charge in [0.25, 0.3) is 0 Å². The highest BCUT2D eigenvalue weighted by Gasteiger charge is 2.13. The summed E-state index contributed by atoms with van der Waals surface area (Å²) < 4.78 is 4.13. The Bertz CT molecular complexity index is 1060. The van der Waals surface area contributed by atoms with Gasteiger partial charge in [-0.15, -0.1) is 31.7 Å². The lowest BCUT2D eigenvalue weighted by molar-refractivity contribution is 0.759. The first-order chi connectivity index (χ1) is 12.7. The highest BCUT2D eigenvalue weighted by molar-refractivity contribution is 8.00. The molecule has 1 aromatic carbocycles. The van der Waals surface area contributed by atoms with E-state index in [9.17, 15) is 0 Å². The van der Waals surface area contributed by atoms with Crippen LogP contribution in [0.2, 0.25) is 0 Å². The Morgan fingerprint density at radius 3 is 2.77 bits per heavy atom. The Morgan fingerprint density at radius 2 is 2.00 bits per heavy atom. The molecule has 10 heteroatoms. The predicted molar refractivity (Wildman–Crippen MR) is 101 cm³/mol. The SMILES string of the molecule is Cn1c(CSc2nc3ccccc3s2)nnc1Sc1ccc(C#N)nn1. The number of thioether (sulfide) groups is 1. The molecule has 0 unspecified atom stereocenters. The molecule has 26 heavy (non-hydrogen) atoms. The van der Waals surface area contributed by atoms with Gasteiger partial charge in [0.2, 0.25) is 0 Å². The Morgan fingerprint density at radius 1 is 1.12 bits per heavy atom. The number of hydrogen-bond acceptors (Lipinski definition) is 9. The maximum atomic E-state index is 8.77. The van der Waals surface area contributed by atoms with E-state index in [0.717, 1.165) is 20.8 Å². The van der Waals surface area contributed by atoms with Crippen LogP contribution in [0.3, 0.4) is 0 Å². The van der Waals surface area contributed by atoms with Crippen molar-refractivity contribution in [2.75, 3.05) is 0 Å². The molecule has 7 nitrogen and oxygen atoms in total. The van der Waals surface area contributed by atoms with Crippen LogP contribution >= 0.6 is 34.9 Å². The van der Waals surface area contributed by atoms with Crippen molar-refractivity contribution in [3.05, 3.63) is 47.9 Å². The Kier molecular flexibility index (Phi) is 4.83. The van der Waals surface area contributed by atoms with Crippen molar-refractivity contribution in [3.8, 4) is 6.07 Å². The van der Waals surface area contributed by atoms with Gasteiger partial charge >= 0.3 is 0 Å². The molecule has 0 atom stereocenters. The fraction of sp³-hybridized carbons (Fsp3) is 0.125. The zero-order valence-corrected chi connectivity index (χ0v) is 16.0. The second kappa shape index (κ2) is 7.41. The molecular weight excluding hydrogens is 386 g/mol. The molecule has 0 amide bonds. The Labute approximate surface area is 161 Å². The van der Waals surface area contributed by atoms with Gasteiger partial charge in [-0.1, -0.05) is 23.9 Å². The molecule has 0 radical (unpaired) electrons. The minimum atomic E-state index is 0.292. The van der Waals surface area contributed by atoms with E-state index in [1.165, 1.54) is 16.5 Å². The Balaban J connectivity index is 1.45. The van der Waals surface area contributed by atoms with Gasteiger partial charge in [0.15, 0.2) is 15.2 Å². The summed E-state index contributed by atoms with van der Waals surface area (Å²) in [6, 6.07) is 13.4. The van der Waals surface area contributed by atoms with Crippen LogP contribution in [0, 0.1) is 11.3 Å². The molecule has 0 aliphatic heterocycles. The molecule has 4 rings (SSSR count). The van der Waals surface area contributed by atoms with Crippen LogP contribution < -0.4 is 0 Å². The van der Waals surface area contributed by atoms with Crippen LogP contribution in [0.4, 0.5) is 0 Å². The smallest absolute Gasteiger partial charge is 0.197 e. The van der Waals surface area contributed by atoms with Crippen LogP contribution in [0.5, 0.6) is 0 Å². The molecule has 3 aromatic heterocycles. The molecule has 4 aromatic rings. The number of aromatic nitrogens is 6. The van der Waals surface area contributed by atoms with E-state index in [2.05, 4.69) is 31.4 Å². The average Bonchev–Trinajstić information content (AvgIpc) is 3.24. The van der Waals surface area contributed by atoms with Gasteiger partial charge in [0.05, 0.1) is 16.0 Å². The van der Waals surface area contributed by atoms with Crippen molar-refractivity contribution in [2.45, 2.75) is 20.3 Å². The summed E-state index contributed by atoms with van der Waals surface area (Å²) in [6.07, 6.45) is 0. The van der Waals surface area contributed by atoms with Crippen LogP contribution in [0.25, 0.3) is 10.2 Å². The van der Waals surface area contributed by atoms with Gasteiger partial charge in [-0.2, -0.15) is 5.26 Å². The van der Waals surface area contributed by atoms with E-state index in [1.54, 1.807) is 35.2 Å². The minimum absolute atomic E-state index is 0.292. The third kappa shape index (κ3) is 3.55. The van der Waals surface area contributed by atoms with Gasteiger partial charge < -0.3 is 4.57 Å². The lowest BCUT2D eigenvalue weighted by atomic mass is 10.3. The molecule has 0 aliphatic rings. The van der Waals surface area contributed by atoms with Crippen molar-refractivity contribution in [1.29, 1.82) is 5.26 Å². The number of benzene rings is 1. The number of nitriles is 1. The summed E-state index contributed by atoms with van der Waals surface area (Å²) in [5.74, 6) is 1.54. The van der Waals surface area contributed by atoms with Crippen LogP contribution in [0.1, 0.15) is 11.5 Å². The fourth-order valence-corrected chi connectivity index (χ4v) is 4.90. The van der Waals surface area contributed by atoms with Crippen LogP contribution in [-0.2, 0) is 12.8 Å². The zero-order chi connectivity index (χ0) is 17.9. The van der Waals surface area contributed by atoms with Crippen molar-refractivity contribution < 1.29 is 0 Å². The molecule has 3 heterocycles. The summed E-state index contributed by atoms with van der Waals surface area (Å²) in [4.78, 5) is 4.62. The number of thiazole rings is 1. The lowest BCUT2D eigenvalue weighted by Crippen LogP contribution is -1.98. The van der Waals surface area contributed by atoms with E-state index < -0.39 is 0 Å². The number of hydrogen-bond donors (Lipinski definition) is 0. The van der Waals surface area contributed by atoms with E-state index >= 15 is 0 Å². The van der Waals surface area contributed by atoms with Gasteiger partial charge in [-0.05, 0) is 36.0 Å². The summed E-state index contributed by atoms with van der Waals surface area (Å²) in [6.45, 7) is 0. The molecule has 0 saturated heterocycles. The molecular formula is C16H11N7S3. The van der Waals surface area contributed by atoms with Crippen LogP contribution in [-0.4, -0.2) is 29.9 Å². The second-order valence-electron chi connectivity index (χ2n) is 5.16. The van der Waals surface area contributed by atoms with Crippen LogP contribution in [0.15, 0.2) is 50.9 Å². The quantitative estimate of drug-likeness (QED) is 0.472. The summed E-state index contributed by atoms with van der Waals surface area (Å²) >= 11 is 4.69. The third-order valence-corrected chi connectivity index (χ3v) is 6.61. The van der Waals surface area contributed by atoms with Gasteiger partial charge in [-0.3, -0.25) is 0 Å². The molecule has 0 fully saturated rings. The Hall–Kier alpha value is -2.48. The van der Waals surface area contributed by atoms with Gasteiger partial charge in [-0.25, -0.2) is 4.98 Å². The summed E-state index contributed by atoms with van der Waals surface area (Å²) in [5, 5.41) is 26.5. The largest absolute Gasteiger partial charge is 0.308 e.